The van der Waals surface area contributed by atoms with E-state index in [0.717, 1.165) is 5.69 Å². The monoisotopic (exact) mass is 295 g/mol. The summed E-state index contributed by atoms with van der Waals surface area (Å²) in [6.45, 7) is 1.94. The van der Waals surface area contributed by atoms with E-state index in [0.29, 0.717) is 28.1 Å². The highest BCUT2D eigenvalue weighted by atomic mass is 35.5. The summed E-state index contributed by atoms with van der Waals surface area (Å²) in [5.41, 5.74) is 1.20. The molecule has 6 heteroatoms. The van der Waals surface area contributed by atoms with Gasteiger partial charge in [-0.2, -0.15) is 0 Å². The lowest BCUT2D eigenvalue weighted by Gasteiger charge is -2.06. The highest BCUT2D eigenvalue weighted by molar-refractivity contribution is 6.30. The van der Waals surface area contributed by atoms with Crippen LogP contribution in [0.3, 0.4) is 0 Å². The summed E-state index contributed by atoms with van der Waals surface area (Å²) in [4.78, 5) is 20.2. The summed E-state index contributed by atoms with van der Waals surface area (Å²) in [7, 11) is 0. The molecular weight excluding hydrogens is 285 g/mol. The van der Waals surface area contributed by atoms with E-state index >= 15 is 0 Å². The number of rotatable bonds is 3. The first-order chi connectivity index (χ1) is 9.08. The van der Waals surface area contributed by atoms with E-state index in [2.05, 4.69) is 15.3 Å². The van der Waals surface area contributed by atoms with Crippen LogP contribution >= 0.6 is 23.2 Å². The summed E-state index contributed by atoms with van der Waals surface area (Å²) in [6, 6.07) is 8.22. The van der Waals surface area contributed by atoms with Gasteiger partial charge in [-0.1, -0.05) is 36.2 Å². The van der Waals surface area contributed by atoms with Gasteiger partial charge >= 0.3 is 0 Å². The molecule has 0 saturated heterocycles. The first-order valence-electron chi connectivity index (χ1n) is 5.69. The van der Waals surface area contributed by atoms with Crippen LogP contribution < -0.4 is 5.32 Å². The first kappa shape index (κ1) is 13.8. The van der Waals surface area contributed by atoms with Crippen molar-refractivity contribution in [3.05, 3.63) is 51.9 Å². The van der Waals surface area contributed by atoms with E-state index < -0.39 is 0 Å². The van der Waals surface area contributed by atoms with Crippen LogP contribution in [0.25, 0.3) is 0 Å². The molecule has 0 saturated carbocycles. The second kappa shape index (κ2) is 5.99. The SMILES string of the molecule is CCc1cc(C(=O)Nc2cccc(Cl)n2)cc(Cl)n1. The average Bonchev–Trinajstić information content (AvgIpc) is 2.38. The molecule has 0 aromatic carbocycles. The molecule has 0 bridgehead atoms. The van der Waals surface area contributed by atoms with Gasteiger partial charge in [0.2, 0.25) is 0 Å². The number of amides is 1. The Balaban J connectivity index is 2.22. The van der Waals surface area contributed by atoms with Crippen molar-refractivity contribution in [2.24, 2.45) is 0 Å². The van der Waals surface area contributed by atoms with Gasteiger partial charge in [0.05, 0.1) is 0 Å². The summed E-state index contributed by atoms with van der Waals surface area (Å²) >= 11 is 11.6. The lowest BCUT2D eigenvalue weighted by atomic mass is 10.2. The van der Waals surface area contributed by atoms with Gasteiger partial charge in [-0.25, -0.2) is 9.97 Å². The second-order valence-corrected chi connectivity index (χ2v) is 4.60. The number of aromatic nitrogens is 2. The van der Waals surface area contributed by atoms with Crippen LogP contribution in [0.4, 0.5) is 5.82 Å². The van der Waals surface area contributed by atoms with Crippen molar-refractivity contribution in [3.8, 4) is 0 Å². The Bertz CT molecular complexity index is 617. The van der Waals surface area contributed by atoms with Crippen molar-refractivity contribution in [3.63, 3.8) is 0 Å². The van der Waals surface area contributed by atoms with Gasteiger partial charge < -0.3 is 5.32 Å². The van der Waals surface area contributed by atoms with Crippen molar-refractivity contribution in [1.29, 1.82) is 0 Å². The maximum absolute atomic E-state index is 12.1. The summed E-state index contributed by atoms with van der Waals surface area (Å²) in [5.74, 6) is 0.0947. The van der Waals surface area contributed by atoms with E-state index in [9.17, 15) is 4.79 Å². The molecule has 1 N–H and O–H groups in total. The van der Waals surface area contributed by atoms with Gasteiger partial charge in [-0.15, -0.1) is 0 Å². The zero-order valence-electron chi connectivity index (χ0n) is 10.2. The molecule has 2 heterocycles. The fourth-order valence-corrected chi connectivity index (χ4v) is 1.92. The minimum absolute atomic E-state index is 0.295. The molecule has 0 aliphatic rings. The lowest BCUT2D eigenvalue weighted by molar-refractivity contribution is 0.102. The molecular formula is C13H11Cl2N3O. The van der Waals surface area contributed by atoms with Gasteiger partial charge in [-0.05, 0) is 30.7 Å². The summed E-state index contributed by atoms with van der Waals surface area (Å²) in [5, 5.41) is 3.27. The Morgan fingerprint density at radius 1 is 1.21 bits per heavy atom. The Hall–Kier alpha value is -1.65. The van der Waals surface area contributed by atoms with Crippen molar-refractivity contribution in [2.45, 2.75) is 13.3 Å². The molecule has 0 aliphatic carbocycles. The maximum Gasteiger partial charge on any atom is 0.256 e. The Kier molecular flexibility index (Phi) is 4.35. The fourth-order valence-electron chi connectivity index (χ4n) is 1.53. The molecule has 4 nitrogen and oxygen atoms in total. The number of halogens is 2. The van der Waals surface area contributed by atoms with E-state index in [-0.39, 0.29) is 5.91 Å². The number of nitrogens with zero attached hydrogens (tertiary/aromatic N) is 2. The van der Waals surface area contributed by atoms with Crippen molar-refractivity contribution in [1.82, 2.24) is 9.97 Å². The van der Waals surface area contributed by atoms with Crippen LogP contribution in [0.15, 0.2) is 30.3 Å². The van der Waals surface area contributed by atoms with E-state index in [4.69, 9.17) is 23.2 Å². The van der Waals surface area contributed by atoms with Crippen molar-refractivity contribution in [2.75, 3.05) is 5.32 Å². The molecule has 0 spiro atoms. The molecule has 2 rings (SSSR count). The third-order valence-corrected chi connectivity index (χ3v) is 2.83. The van der Waals surface area contributed by atoms with Crippen LogP contribution in [0.1, 0.15) is 23.0 Å². The third kappa shape index (κ3) is 3.66. The Morgan fingerprint density at radius 2 is 2.00 bits per heavy atom. The average molecular weight is 296 g/mol. The zero-order chi connectivity index (χ0) is 13.8. The van der Waals surface area contributed by atoms with Gasteiger partial charge in [0.25, 0.3) is 5.91 Å². The van der Waals surface area contributed by atoms with Gasteiger partial charge in [0.1, 0.15) is 16.1 Å². The number of pyridine rings is 2. The van der Waals surface area contributed by atoms with Crippen LogP contribution in [-0.2, 0) is 6.42 Å². The lowest BCUT2D eigenvalue weighted by Crippen LogP contribution is -2.13. The Labute approximate surface area is 120 Å². The van der Waals surface area contributed by atoms with Crippen molar-refractivity contribution >= 4 is 34.9 Å². The maximum atomic E-state index is 12.1. The number of hydrogen-bond donors (Lipinski definition) is 1. The molecule has 19 heavy (non-hydrogen) atoms. The first-order valence-corrected chi connectivity index (χ1v) is 6.44. The van der Waals surface area contributed by atoms with Gasteiger partial charge in [-0.3, -0.25) is 4.79 Å². The molecule has 2 aromatic rings. The Morgan fingerprint density at radius 3 is 2.68 bits per heavy atom. The van der Waals surface area contributed by atoms with E-state index in [1.807, 2.05) is 6.92 Å². The molecule has 98 valence electrons. The predicted octanol–water partition coefficient (Wildman–Crippen LogP) is 3.60. The zero-order valence-corrected chi connectivity index (χ0v) is 11.7. The highest BCUT2D eigenvalue weighted by Crippen LogP contribution is 2.14. The summed E-state index contributed by atoms with van der Waals surface area (Å²) < 4.78 is 0. The van der Waals surface area contributed by atoms with Gasteiger partial charge in [0, 0.05) is 11.3 Å². The molecule has 2 aromatic heterocycles. The van der Waals surface area contributed by atoms with Gasteiger partial charge in [0.15, 0.2) is 0 Å². The number of carbonyl (C=O) groups is 1. The molecule has 0 aliphatic heterocycles. The number of aryl methyl sites for hydroxylation is 1. The van der Waals surface area contributed by atoms with Crippen molar-refractivity contribution < 1.29 is 4.79 Å². The number of anilines is 1. The number of hydrogen-bond acceptors (Lipinski definition) is 3. The molecule has 0 fully saturated rings. The summed E-state index contributed by atoms with van der Waals surface area (Å²) in [6.07, 6.45) is 0.705. The van der Waals surface area contributed by atoms with Crippen LogP contribution in [0, 0.1) is 0 Å². The standard InChI is InChI=1S/C13H11Cl2N3O/c1-2-9-6-8(7-11(15)16-9)13(19)18-12-5-3-4-10(14)17-12/h3-7H,2H2,1H3,(H,17,18,19). The minimum Gasteiger partial charge on any atom is -0.307 e. The van der Waals surface area contributed by atoms with Crippen LogP contribution in [0.5, 0.6) is 0 Å². The van der Waals surface area contributed by atoms with Crippen LogP contribution in [0.2, 0.25) is 10.3 Å². The molecule has 0 unspecified atom stereocenters. The third-order valence-electron chi connectivity index (χ3n) is 2.43. The van der Waals surface area contributed by atoms with E-state index in [1.165, 1.54) is 6.07 Å². The topological polar surface area (TPSA) is 54.9 Å². The normalized spacial score (nSPS) is 10.3. The number of nitrogens with one attached hydrogen (secondary N) is 1. The fraction of sp³-hybridized carbons (Fsp3) is 0.154. The molecule has 1 amide bonds. The quantitative estimate of drug-likeness (QED) is 0.880. The smallest absolute Gasteiger partial charge is 0.256 e. The minimum atomic E-state index is -0.297. The van der Waals surface area contributed by atoms with E-state index in [1.54, 1.807) is 24.3 Å². The second-order valence-electron chi connectivity index (χ2n) is 3.82. The number of carbonyl (C=O) groups excluding carboxylic acids is 1. The molecule has 0 atom stereocenters. The molecule has 0 radical (unpaired) electrons. The highest BCUT2D eigenvalue weighted by Gasteiger charge is 2.10. The van der Waals surface area contributed by atoms with Crippen LogP contribution in [-0.4, -0.2) is 15.9 Å². The predicted molar refractivity (Wildman–Crippen MR) is 75.8 cm³/mol. The largest absolute Gasteiger partial charge is 0.307 e.